The van der Waals surface area contributed by atoms with E-state index < -0.39 is 10.1 Å². The lowest BCUT2D eigenvalue weighted by Crippen LogP contribution is -2.12. The fourth-order valence-electron chi connectivity index (χ4n) is 2.38. The van der Waals surface area contributed by atoms with Crippen LogP contribution in [-0.2, 0) is 10.1 Å². The Bertz CT molecular complexity index is 978. The molecule has 0 aliphatic rings. The molecule has 0 amide bonds. The van der Waals surface area contributed by atoms with Gasteiger partial charge in [-0.2, -0.15) is 8.42 Å². The van der Waals surface area contributed by atoms with Crippen molar-refractivity contribution in [1.82, 2.24) is 0 Å². The lowest BCUT2D eigenvalue weighted by molar-refractivity contribution is 0.329. The SMILES string of the molecule is CCOc1ccc(Br)cc1S(=O)(=O)Oc1cccc2ccccc12. The predicted molar refractivity (Wildman–Crippen MR) is 97.1 cm³/mol. The van der Waals surface area contributed by atoms with E-state index in [1.807, 2.05) is 30.3 Å². The first-order valence-electron chi connectivity index (χ1n) is 7.36. The van der Waals surface area contributed by atoms with E-state index in [4.69, 9.17) is 8.92 Å². The van der Waals surface area contributed by atoms with Crippen LogP contribution in [0, 0.1) is 0 Å². The van der Waals surface area contributed by atoms with E-state index in [2.05, 4.69) is 15.9 Å². The molecule has 0 bridgehead atoms. The Hall–Kier alpha value is -2.05. The van der Waals surface area contributed by atoms with Crippen LogP contribution in [0.25, 0.3) is 10.8 Å². The second-order valence-corrected chi connectivity index (χ2v) is 7.47. The maximum absolute atomic E-state index is 12.8. The van der Waals surface area contributed by atoms with E-state index in [-0.39, 0.29) is 16.4 Å². The van der Waals surface area contributed by atoms with Crippen molar-refractivity contribution >= 4 is 36.8 Å². The third kappa shape index (κ3) is 3.39. The number of ether oxygens (including phenoxy) is 1. The standard InChI is InChI=1S/C18H15BrO4S/c1-2-22-17-11-10-14(19)12-18(17)24(20,21)23-16-9-5-7-13-6-3-4-8-15(13)16/h3-12H,2H2,1H3. The smallest absolute Gasteiger partial charge is 0.342 e. The van der Waals surface area contributed by atoms with Crippen molar-refractivity contribution in [1.29, 1.82) is 0 Å². The van der Waals surface area contributed by atoms with Crippen molar-refractivity contribution in [3.63, 3.8) is 0 Å². The monoisotopic (exact) mass is 406 g/mol. The van der Waals surface area contributed by atoms with Crippen molar-refractivity contribution in [2.75, 3.05) is 6.61 Å². The summed E-state index contributed by atoms with van der Waals surface area (Å²) in [5.41, 5.74) is 0. The lowest BCUT2D eigenvalue weighted by Gasteiger charge is -2.13. The van der Waals surface area contributed by atoms with Gasteiger partial charge >= 0.3 is 10.1 Å². The fourth-order valence-corrected chi connectivity index (χ4v) is 4.01. The molecule has 0 heterocycles. The molecular weight excluding hydrogens is 392 g/mol. The molecule has 0 saturated heterocycles. The Kier molecular flexibility index (Phi) is 4.78. The summed E-state index contributed by atoms with van der Waals surface area (Å²) in [7, 11) is -4.04. The molecule has 0 radical (unpaired) electrons. The average molecular weight is 407 g/mol. The Morgan fingerprint density at radius 2 is 1.71 bits per heavy atom. The summed E-state index contributed by atoms with van der Waals surface area (Å²) < 4.78 is 37.0. The number of halogens is 1. The van der Waals surface area contributed by atoms with Crippen LogP contribution >= 0.6 is 15.9 Å². The highest BCUT2D eigenvalue weighted by molar-refractivity contribution is 9.10. The van der Waals surface area contributed by atoms with Crippen molar-refractivity contribution in [2.24, 2.45) is 0 Å². The van der Waals surface area contributed by atoms with Gasteiger partial charge in [-0.3, -0.25) is 0 Å². The number of rotatable bonds is 5. The number of fused-ring (bicyclic) bond motifs is 1. The van der Waals surface area contributed by atoms with Crippen LogP contribution in [0.1, 0.15) is 6.92 Å². The second-order valence-electron chi connectivity index (χ2n) is 5.04. The van der Waals surface area contributed by atoms with Gasteiger partial charge in [0, 0.05) is 9.86 Å². The molecule has 24 heavy (non-hydrogen) atoms. The van der Waals surface area contributed by atoms with Crippen LogP contribution in [-0.4, -0.2) is 15.0 Å². The Balaban J connectivity index is 2.07. The summed E-state index contributed by atoms with van der Waals surface area (Å²) >= 11 is 3.29. The molecule has 0 saturated carbocycles. The molecule has 0 atom stereocenters. The molecular formula is C18H15BrO4S. The molecule has 124 valence electrons. The van der Waals surface area contributed by atoms with Crippen LogP contribution in [0.5, 0.6) is 11.5 Å². The first kappa shape index (κ1) is 16.8. The molecule has 0 aromatic heterocycles. The molecule has 3 rings (SSSR count). The highest BCUT2D eigenvalue weighted by atomic mass is 79.9. The van der Waals surface area contributed by atoms with Gasteiger partial charge in [0.15, 0.2) is 5.75 Å². The van der Waals surface area contributed by atoms with E-state index in [0.29, 0.717) is 11.1 Å². The minimum Gasteiger partial charge on any atom is -0.492 e. The predicted octanol–water partition coefficient (Wildman–Crippen LogP) is 4.77. The van der Waals surface area contributed by atoms with Crippen LogP contribution in [0.3, 0.4) is 0 Å². The minimum atomic E-state index is -4.04. The van der Waals surface area contributed by atoms with Crippen molar-refractivity contribution < 1.29 is 17.3 Å². The van der Waals surface area contributed by atoms with Crippen molar-refractivity contribution in [3.8, 4) is 11.5 Å². The van der Waals surface area contributed by atoms with Crippen LogP contribution in [0.15, 0.2) is 70.0 Å². The molecule has 3 aromatic carbocycles. The summed E-state index contributed by atoms with van der Waals surface area (Å²) in [6.07, 6.45) is 0. The zero-order valence-electron chi connectivity index (χ0n) is 12.9. The quantitative estimate of drug-likeness (QED) is 0.572. The molecule has 0 aliphatic carbocycles. The number of benzene rings is 3. The first-order chi connectivity index (χ1) is 11.5. The summed E-state index contributed by atoms with van der Waals surface area (Å²) in [5.74, 6) is 0.552. The Morgan fingerprint density at radius 3 is 2.50 bits per heavy atom. The van der Waals surface area contributed by atoms with E-state index in [9.17, 15) is 8.42 Å². The van der Waals surface area contributed by atoms with Gasteiger partial charge < -0.3 is 8.92 Å². The Morgan fingerprint density at radius 1 is 0.958 bits per heavy atom. The maximum atomic E-state index is 12.8. The third-order valence-corrected chi connectivity index (χ3v) is 5.17. The molecule has 6 heteroatoms. The Labute approximate surface area is 149 Å². The topological polar surface area (TPSA) is 52.6 Å². The van der Waals surface area contributed by atoms with Gasteiger partial charge in [0.25, 0.3) is 0 Å². The second kappa shape index (κ2) is 6.83. The average Bonchev–Trinajstić information content (AvgIpc) is 2.57. The summed E-state index contributed by atoms with van der Waals surface area (Å²) in [6, 6.07) is 17.6. The van der Waals surface area contributed by atoms with E-state index in [0.717, 1.165) is 10.8 Å². The fraction of sp³-hybridized carbons (Fsp3) is 0.111. The highest BCUT2D eigenvalue weighted by Gasteiger charge is 2.23. The molecule has 0 fully saturated rings. The minimum absolute atomic E-state index is 0.00772. The first-order valence-corrected chi connectivity index (χ1v) is 9.56. The van der Waals surface area contributed by atoms with Crippen LogP contribution < -0.4 is 8.92 Å². The number of hydrogen-bond donors (Lipinski definition) is 0. The van der Waals surface area contributed by atoms with Gasteiger partial charge in [-0.1, -0.05) is 52.3 Å². The van der Waals surface area contributed by atoms with Gasteiger partial charge in [0.1, 0.15) is 10.6 Å². The number of hydrogen-bond acceptors (Lipinski definition) is 4. The summed E-state index contributed by atoms with van der Waals surface area (Å²) in [6.45, 7) is 2.16. The van der Waals surface area contributed by atoms with Gasteiger partial charge in [-0.05, 0) is 36.6 Å². The highest BCUT2D eigenvalue weighted by Crippen LogP contribution is 2.32. The third-order valence-electron chi connectivity index (χ3n) is 3.42. The van der Waals surface area contributed by atoms with Crippen molar-refractivity contribution in [2.45, 2.75) is 11.8 Å². The molecule has 4 nitrogen and oxygen atoms in total. The normalized spacial score (nSPS) is 11.4. The zero-order chi connectivity index (χ0) is 17.2. The molecule has 0 N–H and O–H groups in total. The van der Waals surface area contributed by atoms with Gasteiger partial charge in [-0.25, -0.2) is 0 Å². The molecule has 0 unspecified atom stereocenters. The molecule has 0 spiro atoms. The molecule has 3 aromatic rings. The maximum Gasteiger partial charge on any atom is 0.342 e. The van der Waals surface area contributed by atoms with Crippen molar-refractivity contribution in [3.05, 3.63) is 65.1 Å². The lowest BCUT2D eigenvalue weighted by atomic mass is 10.1. The molecule has 0 aliphatic heterocycles. The van der Waals surface area contributed by atoms with Crippen LogP contribution in [0.4, 0.5) is 0 Å². The van der Waals surface area contributed by atoms with E-state index in [1.165, 1.54) is 6.07 Å². The largest absolute Gasteiger partial charge is 0.492 e. The van der Waals surface area contributed by atoms with Gasteiger partial charge in [0.05, 0.1) is 6.61 Å². The van der Waals surface area contributed by atoms with E-state index >= 15 is 0 Å². The van der Waals surface area contributed by atoms with Crippen LogP contribution in [0.2, 0.25) is 0 Å². The summed E-state index contributed by atoms with van der Waals surface area (Å²) in [5, 5.41) is 1.64. The van der Waals surface area contributed by atoms with Gasteiger partial charge in [0.2, 0.25) is 0 Å². The zero-order valence-corrected chi connectivity index (χ0v) is 15.3. The summed E-state index contributed by atoms with van der Waals surface area (Å²) in [4.78, 5) is -0.00772. The van der Waals surface area contributed by atoms with E-state index in [1.54, 1.807) is 31.2 Å². The van der Waals surface area contributed by atoms with Gasteiger partial charge in [-0.15, -0.1) is 0 Å².